The molecule has 0 aromatic carbocycles. The summed E-state index contributed by atoms with van der Waals surface area (Å²) in [7, 11) is 4.31. The van der Waals surface area contributed by atoms with Crippen molar-refractivity contribution in [2.75, 3.05) is 0 Å². The van der Waals surface area contributed by atoms with Crippen molar-refractivity contribution < 1.29 is 5.11 Å². The van der Waals surface area contributed by atoms with Crippen molar-refractivity contribution in [2.45, 2.75) is 26.2 Å². The van der Waals surface area contributed by atoms with Crippen LogP contribution in [-0.4, -0.2) is 18.8 Å². The minimum atomic E-state index is -0.598. The molecule has 0 unspecified atom stereocenters. The van der Waals surface area contributed by atoms with E-state index in [-0.39, 0.29) is 27.9 Å². The van der Waals surface area contributed by atoms with Gasteiger partial charge in [0, 0.05) is 21.1 Å². The molecule has 0 atom stereocenters. The molecular formula is C14H19N3O4. The van der Waals surface area contributed by atoms with Crippen LogP contribution in [0.15, 0.2) is 14.4 Å². The Balaban J connectivity index is 3.07. The summed E-state index contributed by atoms with van der Waals surface area (Å²) in [5.41, 5.74) is -1.16. The number of aromatic nitrogens is 3. The van der Waals surface area contributed by atoms with Gasteiger partial charge in [-0.1, -0.05) is 13.3 Å². The van der Waals surface area contributed by atoms with Crippen LogP contribution in [0.4, 0.5) is 0 Å². The van der Waals surface area contributed by atoms with E-state index in [9.17, 15) is 19.5 Å². The molecule has 0 spiro atoms. The van der Waals surface area contributed by atoms with Crippen LogP contribution >= 0.6 is 0 Å². The normalized spacial score (nSPS) is 11.2. The van der Waals surface area contributed by atoms with Crippen molar-refractivity contribution in [1.82, 2.24) is 13.7 Å². The number of fused-ring (bicyclic) bond motifs is 1. The molecule has 0 bridgehead atoms. The maximum Gasteiger partial charge on any atom is 0.332 e. The van der Waals surface area contributed by atoms with Crippen molar-refractivity contribution >= 4 is 11.0 Å². The Hall–Kier alpha value is -2.31. The predicted molar refractivity (Wildman–Crippen MR) is 79.9 cm³/mol. The summed E-state index contributed by atoms with van der Waals surface area (Å²) in [5.74, 6) is -0.308. The fraction of sp³-hybridized carbons (Fsp3) is 0.500. The molecule has 2 aromatic heterocycles. The van der Waals surface area contributed by atoms with E-state index in [0.29, 0.717) is 6.42 Å². The number of hydrogen-bond acceptors (Lipinski definition) is 4. The highest BCUT2D eigenvalue weighted by Gasteiger charge is 2.20. The third-order valence-electron chi connectivity index (χ3n) is 3.82. The molecule has 0 aliphatic carbocycles. The lowest BCUT2D eigenvalue weighted by atomic mass is 10.1. The molecule has 0 aliphatic rings. The van der Waals surface area contributed by atoms with E-state index in [0.717, 1.165) is 17.4 Å². The average Bonchev–Trinajstić information content (AvgIpc) is 2.46. The van der Waals surface area contributed by atoms with Gasteiger partial charge in [0.15, 0.2) is 0 Å². The Morgan fingerprint density at radius 1 is 0.952 bits per heavy atom. The van der Waals surface area contributed by atoms with Crippen LogP contribution in [0.25, 0.3) is 11.0 Å². The summed E-state index contributed by atoms with van der Waals surface area (Å²) >= 11 is 0. The highest BCUT2D eigenvalue weighted by Crippen LogP contribution is 2.23. The first kappa shape index (κ1) is 15.1. The van der Waals surface area contributed by atoms with Crippen LogP contribution in [-0.2, 0) is 27.6 Å². The van der Waals surface area contributed by atoms with Crippen LogP contribution in [0.1, 0.15) is 25.3 Å². The Kier molecular flexibility index (Phi) is 3.76. The van der Waals surface area contributed by atoms with Crippen molar-refractivity contribution in [1.29, 1.82) is 0 Å². The van der Waals surface area contributed by atoms with Crippen LogP contribution in [0, 0.1) is 0 Å². The topological polar surface area (TPSA) is 86.2 Å². The number of rotatable bonds is 3. The molecule has 7 nitrogen and oxygen atoms in total. The first-order chi connectivity index (χ1) is 9.82. The molecule has 0 aliphatic heterocycles. The second-order valence-corrected chi connectivity index (χ2v) is 5.20. The molecule has 0 fully saturated rings. The van der Waals surface area contributed by atoms with Gasteiger partial charge in [-0.2, -0.15) is 0 Å². The summed E-state index contributed by atoms with van der Waals surface area (Å²) in [6.07, 6.45) is 2.00. The highest BCUT2D eigenvalue weighted by atomic mass is 16.3. The molecule has 21 heavy (non-hydrogen) atoms. The number of aromatic hydroxyl groups is 1. The summed E-state index contributed by atoms with van der Waals surface area (Å²) in [6, 6.07) is 0. The fourth-order valence-electron chi connectivity index (χ4n) is 2.56. The molecule has 2 aromatic rings. The van der Waals surface area contributed by atoms with Crippen LogP contribution in [0.2, 0.25) is 0 Å². The molecule has 0 radical (unpaired) electrons. The molecule has 0 amide bonds. The Morgan fingerprint density at radius 3 is 2.14 bits per heavy atom. The van der Waals surface area contributed by atoms with Gasteiger partial charge in [-0.05, 0) is 12.8 Å². The van der Waals surface area contributed by atoms with E-state index in [1.807, 2.05) is 6.92 Å². The zero-order valence-corrected chi connectivity index (χ0v) is 12.6. The van der Waals surface area contributed by atoms with Gasteiger partial charge in [-0.3, -0.25) is 23.3 Å². The van der Waals surface area contributed by atoms with Crippen LogP contribution in [0.5, 0.6) is 5.75 Å². The molecule has 2 rings (SSSR count). The minimum absolute atomic E-state index is 0.00723. The Labute approximate surface area is 120 Å². The second kappa shape index (κ2) is 5.23. The summed E-state index contributed by atoms with van der Waals surface area (Å²) in [6.45, 7) is 1.98. The SMILES string of the molecule is CCCCc1c(O)c2c(=O)n(C)c(=O)n(C)c2n(C)c1=O. The number of aryl methyl sites for hydroxylation is 2. The largest absolute Gasteiger partial charge is 0.506 e. The zero-order chi connectivity index (χ0) is 15.9. The number of hydrogen-bond donors (Lipinski definition) is 1. The van der Waals surface area contributed by atoms with Gasteiger partial charge in [0.25, 0.3) is 11.1 Å². The second-order valence-electron chi connectivity index (χ2n) is 5.20. The average molecular weight is 293 g/mol. The maximum absolute atomic E-state index is 12.3. The van der Waals surface area contributed by atoms with Crippen molar-refractivity contribution in [3.63, 3.8) is 0 Å². The van der Waals surface area contributed by atoms with Gasteiger partial charge < -0.3 is 5.11 Å². The molecule has 1 N–H and O–H groups in total. The predicted octanol–water partition coefficient (Wildman–Crippen LogP) is -0.0159. The van der Waals surface area contributed by atoms with E-state index >= 15 is 0 Å². The quantitative estimate of drug-likeness (QED) is 0.862. The highest BCUT2D eigenvalue weighted by molar-refractivity contribution is 5.82. The van der Waals surface area contributed by atoms with Gasteiger partial charge in [0.1, 0.15) is 16.8 Å². The first-order valence-corrected chi connectivity index (χ1v) is 6.83. The van der Waals surface area contributed by atoms with Gasteiger partial charge in [0.05, 0.1) is 5.56 Å². The van der Waals surface area contributed by atoms with Crippen molar-refractivity contribution in [3.8, 4) is 5.75 Å². The van der Waals surface area contributed by atoms with E-state index in [4.69, 9.17) is 0 Å². The molecular weight excluding hydrogens is 274 g/mol. The van der Waals surface area contributed by atoms with Crippen molar-refractivity contribution in [2.24, 2.45) is 21.1 Å². The van der Waals surface area contributed by atoms with E-state index in [1.165, 1.54) is 30.3 Å². The zero-order valence-electron chi connectivity index (χ0n) is 12.6. The smallest absolute Gasteiger partial charge is 0.332 e. The van der Waals surface area contributed by atoms with Crippen LogP contribution in [0.3, 0.4) is 0 Å². The monoisotopic (exact) mass is 293 g/mol. The van der Waals surface area contributed by atoms with E-state index < -0.39 is 11.2 Å². The summed E-state index contributed by atoms with van der Waals surface area (Å²) in [4.78, 5) is 36.6. The first-order valence-electron chi connectivity index (χ1n) is 6.83. The molecule has 0 saturated heterocycles. The van der Waals surface area contributed by atoms with E-state index in [2.05, 4.69) is 0 Å². The third kappa shape index (κ3) is 2.09. The lowest BCUT2D eigenvalue weighted by Crippen LogP contribution is -2.40. The lowest BCUT2D eigenvalue weighted by molar-refractivity contribution is 0.467. The van der Waals surface area contributed by atoms with Gasteiger partial charge in [-0.15, -0.1) is 0 Å². The van der Waals surface area contributed by atoms with E-state index in [1.54, 1.807) is 0 Å². The summed E-state index contributed by atoms with van der Waals surface area (Å²) < 4.78 is 3.38. The van der Waals surface area contributed by atoms with Gasteiger partial charge >= 0.3 is 5.69 Å². The standard InChI is InChI=1S/C14H19N3O4/c1-5-6-7-8-10(18)9-11(15(2)12(8)19)16(3)14(21)17(4)13(9)20/h18H,5-7H2,1-4H3. The fourth-order valence-corrected chi connectivity index (χ4v) is 2.56. The minimum Gasteiger partial charge on any atom is -0.506 e. The van der Waals surface area contributed by atoms with Gasteiger partial charge in [0.2, 0.25) is 0 Å². The van der Waals surface area contributed by atoms with Gasteiger partial charge in [-0.25, -0.2) is 4.79 Å². The Bertz CT molecular complexity index is 886. The summed E-state index contributed by atoms with van der Waals surface area (Å²) in [5, 5.41) is 10.4. The number of pyridine rings is 1. The molecule has 2 heterocycles. The third-order valence-corrected chi connectivity index (χ3v) is 3.82. The lowest BCUT2D eigenvalue weighted by Gasteiger charge is -2.14. The number of nitrogens with zero attached hydrogens (tertiary/aromatic N) is 3. The molecule has 0 saturated carbocycles. The molecule has 7 heteroatoms. The molecule has 114 valence electrons. The Morgan fingerprint density at radius 2 is 1.57 bits per heavy atom. The van der Waals surface area contributed by atoms with Crippen molar-refractivity contribution in [3.05, 3.63) is 36.8 Å². The number of unbranched alkanes of at least 4 members (excludes halogenated alkanes) is 1. The maximum atomic E-state index is 12.3. The van der Waals surface area contributed by atoms with Crippen LogP contribution < -0.4 is 16.8 Å².